The van der Waals surface area contributed by atoms with Crippen molar-refractivity contribution in [3.63, 3.8) is 0 Å². The van der Waals surface area contributed by atoms with Crippen molar-refractivity contribution in [2.45, 2.75) is 219 Å². The Bertz CT molecular complexity index is 1370. The van der Waals surface area contributed by atoms with Crippen molar-refractivity contribution in [2.24, 2.45) is 0 Å². The molecule has 0 aliphatic carbocycles. The van der Waals surface area contributed by atoms with E-state index in [1.54, 1.807) is 0 Å². The predicted octanol–water partition coefficient (Wildman–Crippen LogP) is 9.27. The maximum Gasteiger partial charge on any atom is 0.305 e. The molecular weight excluding hydrogens is 993 g/mol. The summed E-state index contributed by atoms with van der Waals surface area (Å²) in [6.07, 6.45) is 34.9. The SMILES string of the molecule is CCCC/C=C\CCCC(=O)OCC(O)CN1CCCN(CC(O)COC(=O)CCC/C=C\CCCC)CCN(CC(O)COC(=O)CCC/C=C\CCCC)CCCN(CC(O)COC(=O)CCC/C=C\CCCC)CC1. The van der Waals surface area contributed by atoms with Crippen LogP contribution in [0, 0.1) is 0 Å². The first-order valence-corrected chi connectivity index (χ1v) is 30.7. The topological polar surface area (TPSA) is 199 Å². The van der Waals surface area contributed by atoms with E-state index in [0.717, 1.165) is 103 Å². The highest BCUT2D eigenvalue weighted by Gasteiger charge is 2.23. The van der Waals surface area contributed by atoms with Crippen LogP contribution in [0.4, 0.5) is 0 Å². The number of carbonyl (C=O) groups is 4. The Balaban J connectivity index is 3.18. The lowest BCUT2D eigenvalue weighted by Gasteiger charge is -2.34. The fourth-order valence-electron chi connectivity index (χ4n) is 8.91. The third-order valence-corrected chi connectivity index (χ3v) is 13.6. The van der Waals surface area contributed by atoms with Crippen LogP contribution in [-0.2, 0) is 38.1 Å². The molecule has 452 valence electrons. The summed E-state index contributed by atoms with van der Waals surface area (Å²) >= 11 is 0. The highest BCUT2D eigenvalue weighted by molar-refractivity contribution is 5.70. The Morgan fingerprint density at radius 3 is 0.718 bits per heavy atom. The van der Waals surface area contributed by atoms with Gasteiger partial charge in [0.25, 0.3) is 0 Å². The summed E-state index contributed by atoms with van der Waals surface area (Å²) in [6.45, 7) is 13.4. The van der Waals surface area contributed by atoms with E-state index in [1.165, 1.54) is 0 Å². The van der Waals surface area contributed by atoms with Crippen LogP contribution in [-0.4, -0.2) is 193 Å². The summed E-state index contributed by atoms with van der Waals surface area (Å²) in [5, 5.41) is 44.9. The van der Waals surface area contributed by atoms with Gasteiger partial charge in [-0.05, 0) is 116 Å². The van der Waals surface area contributed by atoms with E-state index in [1.807, 2.05) is 0 Å². The lowest BCUT2D eigenvalue weighted by molar-refractivity contribution is -0.148. The minimum atomic E-state index is -0.937. The highest BCUT2D eigenvalue weighted by Crippen LogP contribution is 2.11. The molecule has 16 nitrogen and oxygen atoms in total. The number of allylic oxidation sites excluding steroid dienone is 8. The van der Waals surface area contributed by atoms with Crippen molar-refractivity contribution in [3.8, 4) is 0 Å². The van der Waals surface area contributed by atoms with Crippen LogP contribution in [0.25, 0.3) is 0 Å². The number of carbonyl (C=O) groups excluding carboxylic acids is 4. The van der Waals surface area contributed by atoms with Crippen molar-refractivity contribution < 1.29 is 58.6 Å². The van der Waals surface area contributed by atoms with Gasteiger partial charge in [0, 0.05) is 78.0 Å². The molecule has 1 rings (SSSR count). The maximum atomic E-state index is 12.6. The van der Waals surface area contributed by atoms with Crippen molar-refractivity contribution in [3.05, 3.63) is 48.6 Å². The average Bonchev–Trinajstić information content (AvgIpc) is 3.42. The van der Waals surface area contributed by atoms with Gasteiger partial charge >= 0.3 is 23.9 Å². The van der Waals surface area contributed by atoms with E-state index in [2.05, 4.69) is 95.9 Å². The third kappa shape index (κ3) is 45.3. The minimum Gasteiger partial charge on any atom is -0.463 e. The third-order valence-electron chi connectivity index (χ3n) is 13.6. The zero-order valence-electron chi connectivity index (χ0n) is 49.5. The van der Waals surface area contributed by atoms with E-state index in [4.69, 9.17) is 18.9 Å². The van der Waals surface area contributed by atoms with Crippen molar-refractivity contribution in [1.82, 2.24) is 19.6 Å². The number of aliphatic hydroxyl groups is 4. The molecule has 0 aromatic rings. The monoisotopic (exact) mass is 1100 g/mol. The van der Waals surface area contributed by atoms with E-state index < -0.39 is 24.4 Å². The van der Waals surface area contributed by atoms with Gasteiger partial charge in [-0.2, -0.15) is 0 Å². The number of ether oxygens (including phenoxy) is 4. The first-order chi connectivity index (χ1) is 37.9. The Labute approximate surface area is 473 Å². The van der Waals surface area contributed by atoms with Gasteiger partial charge in [0.05, 0.1) is 0 Å². The molecule has 1 aliphatic heterocycles. The molecule has 0 amide bonds. The zero-order chi connectivity index (χ0) is 57.1. The van der Waals surface area contributed by atoms with Crippen LogP contribution in [0.3, 0.4) is 0 Å². The van der Waals surface area contributed by atoms with E-state index in [9.17, 15) is 39.6 Å². The van der Waals surface area contributed by atoms with E-state index >= 15 is 0 Å². The molecular formula is C62H112N4O12. The summed E-state index contributed by atoms with van der Waals surface area (Å²) in [6, 6.07) is 0. The highest BCUT2D eigenvalue weighted by atomic mass is 16.6. The van der Waals surface area contributed by atoms with Gasteiger partial charge in [-0.3, -0.25) is 38.8 Å². The second-order valence-electron chi connectivity index (χ2n) is 21.3. The van der Waals surface area contributed by atoms with Gasteiger partial charge in [-0.15, -0.1) is 0 Å². The lowest BCUT2D eigenvalue weighted by Crippen LogP contribution is -2.47. The van der Waals surface area contributed by atoms with Gasteiger partial charge < -0.3 is 39.4 Å². The first-order valence-electron chi connectivity index (χ1n) is 30.7. The Hall–Kier alpha value is -3.48. The molecule has 4 unspecified atom stereocenters. The fourth-order valence-corrected chi connectivity index (χ4v) is 8.91. The van der Waals surface area contributed by atoms with Gasteiger partial charge in [0.2, 0.25) is 0 Å². The second kappa shape index (κ2) is 51.7. The number of esters is 4. The number of hydrogen-bond donors (Lipinski definition) is 4. The summed E-state index contributed by atoms with van der Waals surface area (Å²) < 4.78 is 22.1. The molecule has 0 bridgehead atoms. The number of aliphatic hydroxyl groups excluding tert-OH is 4. The molecule has 4 N–H and O–H groups in total. The molecule has 0 aromatic carbocycles. The standard InChI is InChI=1S/C62H112N4O12/c1-5-9-13-17-21-25-29-35-59(71)75-51-55(67)47-63-39-33-40-65(49-57(69)53-77-61(73)37-31-27-23-19-15-11-7-3)45-46-66(50-58(70)54-78-62(74)38-32-28-24-20-16-12-8-4)42-34-41-64(44-43-63)48-56(68)52-76-60(72)36-30-26-22-18-14-10-6-2/h17-24,55-58,67-70H,5-16,25-54H2,1-4H3/b21-17-,22-18-,23-19-,24-20-. The van der Waals surface area contributed by atoms with Gasteiger partial charge in [0.1, 0.15) is 50.8 Å². The molecule has 1 aliphatic rings. The number of hydrogen-bond acceptors (Lipinski definition) is 16. The zero-order valence-corrected chi connectivity index (χ0v) is 49.5. The van der Waals surface area contributed by atoms with Gasteiger partial charge in [-0.1, -0.05) is 128 Å². The minimum absolute atomic E-state index is 0.130. The Kier molecular flexibility index (Phi) is 48.0. The van der Waals surface area contributed by atoms with Crippen LogP contribution in [0.1, 0.15) is 195 Å². The predicted molar refractivity (Wildman–Crippen MR) is 313 cm³/mol. The summed E-state index contributed by atoms with van der Waals surface area (Å²) in [5.74, 6) is -1.37. The molecule has 0 radical (unpaired) electrons. The van der Waals surface area contributed by atoms with Crippen molar-refractivity contribution in [1.29, 1.82) is 0 Å². The molecule has 78 heavy (non-hydrogen) atoms. The molecule has 16 heteroatoms. The van der Waals surface area contributed by atoms with Crippen LogP contribution < -0.4 is 0 Å². The van der Waals surface area contributed by atoms with E-state index in [0.29, 0.717) is 90.9 Å². The molecule has 0 aromatic heterocycles. The van der Waals surface area contributed by atoms with Gasteiger partial charge in [0.15, 0.2) is 0 Å². The Morgan fingerprint density at radius 2 is 0.526 bits per heavy atom. The maximum absolute atomic E-state index is 12.6. The normalized spacial score (nSPS) is 16.9. The smallest absolute Gasteiger partial charge is 0.305 e. The van der Waals surface area contributed by atoms with Crippen LogP contribution in [0.2, 0.25) is 0 Å². The average molecular weight is 1110 g/mol. The lowest BCUT2D eigenvalue weighted by atomic mass is 10.2. The quantitative estimate of drug-likeness (QED) is 0.0195. The van der Waals surface area contributed by atoms with Crippen LogP contribution in [0.5, 0.6) is 0 Å². The summed E-state index contributed by atoms with van der Waals surface area (Å²) in [5.41, 5.74) is 0. The molecule has 0 saturated carbocycles. The van der Waals surface area contributed by atoms with Crippen molar-refractivity contribution >= 4 is 23.9 Å². The van der Waals surface area contributed by atoms with Crippen molar-refractivity contribution in [2.75, 3.05) is 105 Å². The molecule has 0 spiro atoms. The summed E-state index contributed by atoms with van der Waals surface area (Å²) in [4.78, 5) is 59.1. The number of nitrogens with zero attached hydrogens (tertiary/aromatic N) is 4. The molecule has 4 atom stereocenters. The van der Waals surface area contributed by atoms with E-state index in [-0.39, 0.29) is 102 Å². The molecule has 1 fully saturated rings. The van der Waals surface area contributed by atoms with Gasteiger partial charge in [-0.25, -0.2) is 0 Å². The summed E-state index contributed by atoms with van der Waals surface area (Å²) in [7, 11) is 0. The largest absolute Gasteiger partial charge is 0.463 e. The molecule has 1 heterocycles. The van der Waals surface area contributed by atoms with Crippen LogP contribution in [0.15, 0.2) is 48.6 Å². The number of unbranched alkanes of at least 4 members (excludes halogenated alkanes) is 12. The number of rotatable bonds is 44. The number of β-amino-alcohol motifs (C(OH)–C–C–N with tert-alkyl or cyclic N) is 4. The second-order valence-corrected chi connectivity index (χ2v) is 21.3. The Morgan fingerprint density at radius 1 is 0.333 bits per heavy atom. The fraction of sp³-hybridized carbons (Fsp3) is 0.806. The van der Waals surface area contributed by atoms with Crippen LogP contribution >= 0.6 is 0 Å². The molecule has 1 saturated heterocycles. The first kappa shape index (κ1) is 72.5.